The van der Waals surface area contributed by atoms with Crippen molar-refractivity contribution in [2.24, 2.45) is 0 Å². The summed E-state index contributed by atoms with van der Waals surface area (Å²) in [5.41, 5.74) is 1.42. The Hall–Kier alpha value is -1.06. The van der Waals surface area contributed by atoms with Crippen molar-refractivity contribution >= 4 is 0 Å². The number of hydrogen-bond donors (Lipinski definition) is 1. The second-order valence-electron chi connectivity index (χ2n) is 5.41. The third-order valence-electron chi connectivity index (χ3n) is 4.01. The summed E-state index contributed by atoms with van der Waals surface area (Å²) in [6, 6.07) is 8.49. The number of benzene rings is 1. The van der Waals surface area contributed by atoms with E-state index in [2.05, 4.69) is 41.4 Å². The maximum absolute atomic E-state index is 5.20. The summed E-state index contributed by atoms with van der Waals surface area (Å²) in [6.45, 7) is 8.26. The van der Waals surface area contributed by atoms with Crippen molar-refractivity contribution in [1.82, 2.24) is 10.2 Å². The molecule has 0 bridgehead atoms. The van der Waals surface area contributed by atoms with Gasteiger partial charge < -0.3 is 15.0 Å². The van der Waals surface area contributed by atoms with Crippen molar-refractivity contribution in [1.29, 1.82) is 0 Å². The van der Waals surface area contributed by atoms with Gasteiger partial charge in [-0.2, -0.15) is 0 Å². The SMILES string of the molecule is COc1ccc(C(C)CCCN2CCNCC2)cc1. The Labute approximate surface area is 116 Å². The lowest BCUT2D eigenvalue weighted by molar-refractivity contribution is 0.235. The summed E-state index contributed by atoms with van der Waals surface area (Å²) in [6.07, 6.45) is 2.55. The van der Waals surface area contributed by atoms with Gasteiger partial charge in [0.1, 0.15) is 5.75 Å². The highest BCUT2D eigenvalue weighted by molar-refractivity contribution is 5.28. The topological polar surface area (TPSA) is 24.5 Å². The lowest BCUT2D eigenvalue weighted by atomic mass is 9.96. The third kappa shape index (κ3) is 4.51. The maximum Gasteiger partial charge on any atom is 0.118 e. The van der Waals surface area contributed by atoms with E-state index in [4.69, 9.17) is 4.74 Å². The number of nitrogens with zero attached hydrogens (tertiary/aromatic N) is 1. The molecular weight excluding hydrogens is 236 g/mol. The van der Waals surface area contributed by atoms with Gasteiger partial charge >= 0.3 is 0 Å². The molecule has 1 atom stereocenters. The number of piperazine rings is 1. The average Bonchev–Trinajstić information content (AvgIpc) is 2.48. The monoisotopic (exact) mass is 262 g/mol. The summed E-state index contributed by atoms with van der Waals surface area (Å²) >= 11 is 0. The van der Waals surface area contributed by atoms with E-state index in [9.17, 15) is 0 Å². The molecule has 106 valence electrons. The van der Waals surface area contributed by atoms with E-state index < -0.39 is 0 Å². The lowest BCUT2D eigenvalue weighted by Crippen LogP contribution is -2.43. The van der Waals surface area contributed by atoms with Crippen LogP contribution in [-0.2, 0) is 0 Å². The largest absolute Gasteiger partial charge is 0.497 e. The summed E-state index contributed by atoms with van der Waals surface area (Å²) in [4.78, 5) is 2.57. The number of ether oxygens (including phenoxy) is 1. The van der Waals surface area contributed by atoms with Crippen LogP contribution in [-0.4, -0.2) is 44.7 Å². The zero-order valence-corrected chi connectivity index (χ0v) is 12.2. The molecule has 0 amide bonds. The molecule has 1 fully saturated rings. The van der Waals surface area contributed by atoms with Gasteiger partial charge in [-0.3, -0.25) is 0 Å². The molecule has 1 aromatic carbocycles. The molecule has 1 N–H and O–H groups in total. The second kappa shape index (κ2) is 7.51. The second-order valence-corrected chi connectivity index (χ2v) is 5.41. The van der Waals surface area contributed by atoms with E-state index in [1.807, 2.05) is 0 Å². The minimum atomic E-state index is 0.633. The molecule has 1 unspecified atom stereocenters. The lowest BCUT2D eigenvalue weighted by Gasteiger charge is -2.27. The molecule has 3 nitrogen and oxygen atoms in total. The fourth-order valence-electron chi connectivity index (χ4n) is 2.65. The Morgan fingerprint density at radius 2 is 1.89 bits per heavy atom. The molecule has 1 aliphatic heterocycles. The van der Waals surface area contributed by atoms with E-state index in [-0.39, 0.29) is 0 Å². The van der Waals surface area contributed by atoms with Gasteiger partial charge in [0.15, 0.2) is 0 Å². The molecule has 1 aliphatic rings. The zero-order chi connectivity index (χ0) is 13.5. The van der Waals surface area contributed by atoms with Gasteiger partial charge in [-0.1, -0.05) is 19.1 Å². The molecule has 2 rings (SSSR count). The van der Waals surface area contributed by atoms with Crippen LogP contribution in [0.1, 0.15) is 31.2 Å². The standard InChI is InChI=1S/C16H26N2O/c1-14(15-5-7-16(19-2)8-6-15)4-3-11-18-12-9-17-10-13-18/h5-8,14,17H,3-4,9-13H2,1-2H3. The fraction of sp³-hybridized carbons (Fsp3) is 0.625. The Balaban J connectivity index is 1.72. The van der Waals surface area contributed by atoms with Gasteiger partial charge in [-0.15, -0.1) is 0 Å². The quantitative estimate of drug-likeness (QED) is 0.852. The first kappa shape index (κ1) is 14.4. The summed E-state index contributed by atoms with van der Waals surface area (Å²) in [7, 11) is 1.71. The van der Waals surface area contributed by atoms with Crippen molar-refractivity contribution in [3.63, 3.8) is 0 Å². The van der Waals surface area contributed by atoms with Crippen LogP contribution in [0.5, 0.6) is 5.75 Å². The van der Waals surface area contributed by atoms with Crippen LogP contribution >= 0.6 is 0 Å². The minimum absolute atomic E-state index is 0.633. The fourth-order valence-corrected chi connectivity index (χ4v) is 2.65. The zero-order valence-electron chi connectivity index (χ0n) is 12.2. The predicted octanol–water partition coefficient (Wildman–Crippen LogP) is 2.48. The van der Waals surface area contributed by atoms with Crippen molar-refractivity contribution < 1.29 is 4.74 Å². The van der Waals surface area contributed by atoms with Crippen LogP contribution in [0.2, 0.25) is 0 Å². The van der Waals surface area contributed by atoms with E-state index in [1.54, 1.807) is 7.11 Å². The maximum atomic E-state index is 5.20. The Morgan fingerprint density at radius 3 is 2.53 bits per heavy atom. The highest BCUT2D eigenvalue weighted by atomic mass is 16.5. The van der Waals surface area contributed by atoms with E-state index >= 15 is 0 Å². The van der Waals surface area contributed by atoms with Crippen LogP contribution in [0.15, 0.2) is 24.3 Å². The summed E-state index contributed by atoms with van der Waals surface area (Å²) in [5.74, 6) is 1.57. The molecule has 1 aromatic rings. The minimum Gasteiger partial charge on any atom is -0.497 e. The Kier molecular flexibility index (Phi) is 5.67. The van der Waals surface area contributed by atoms with Gasteiger partial charge in [0, 0.05) is 26.2 Å². The third-order valence-corrected chi connectivity index (χ3v) is 4.01. The Morgan fingerprint density at radius 1 is 1.21 bits per heavy atom. The first-order valence-corrected chi connectivity index (χ1v) is 7.36. The predicted molar refractivity (Wildman–Crippen MR) is 80.0 cm³/mol. The molecule has 1 heterocycles. The number of methoxy groups -OCH3 is 1. The molecule has 0 aromatic heterocycles. The first-order valence-electron chi connectivity index (χ1n) is 7.36. The first-order chi connectivity index (χ1) is 9.29. The van der Waals surface area contributed by atoms with Crippen LogP contribution in [0.4, 0.5) is 0 Å². The molecule has 0 spiro atoms. The van der Waals surface area contributed by atoms with Gasteiger partial charge in [0.05, 0.1) is 7.11 Å². The van der Waals surface area contributed by atoms with E-state index in [0.717, 1.165) is 18.8 Å². The number of nitrogens with one attached hydrogen (secondary N) is 1. The van der Waals surface area contributed by atoms with E-state index in [0.29, 0.717) is 5.92 Å². The smallest absolute Gasteiger partial charge is 0.118 e. The van der Waals surface area contributed by atoms with Gasteiger partial charge in [-0.05, 0) is 43.0 Å². The average molecular weight is 262 g/mol. The number of rotatable bonds is 6. The van der Waals surface area contributed by atoms with Gasteiger partial charge in [-0.25, -0.2) is 0 Å². The highest BCUT2D eigenvalue weighted by Crippen LogP contribution is 2.23. The molecule has 1 saturated heterocycles. The molecule has 3 heteroatoms. The number of hydrogen-bond acceptors (Lipinski definition) is 3. The van der Waals surface area contributed by atoms with Crippen LogP contribution < -0.4 is 10.1 Å². The van der Waals surface area contributed by atoms with Crippen molar-refractivity contribution in [2.75, 3.05) is 39.8 Å². The van der Waals surface area contributed by atoms with Crippen LogP contribution in [0, 0.1) is 0 Å². The molecule has 0 radical (unpaired) electrons. The van der Waals surface area contributed by atoms with Crippen molar-refractivity contribution in [3.05, 3.63) is 29.8 Å². The van der Waals surface area contributed by atoms with Crippen molar-refractivity contribution in [2.45, 2.75) is 25.7 Å². The normalized spacial score (nSPS) is 18.2. The molecule has 19 heavy (non-hydrogen) atoms. The Bertz CT molecular complexity index is 358. The van der Waals surface area contributed by atoms with Gasteiger partial charge in [0.2, 0.25) is 0 Å². The van der Waals surface area contributed by atoms with Crippen molar-refractivity contribution in [3.8, 4) is 5.75 Å². The molecule has 0 saturated carbocycles. The summed E-state index contributed by atoms with van der Waals surface area (Å²) < 4.78 is 5.20. The van der Waals surface area contributed by atoms with Gasteiger partial charge in [0.25, 0.3) is 0 Å². The molecule has 0 aliphatic carbocycles. The van der Waals surface area contributed by atoms with Crippen LogP contribution in [0.25, 0.3) is 0 Å². The highest BCUT2D eigenvalue weighted by Gasteiger charge is 2.10. The van der Waals surface area contributed by atoms with E-state index in [1.165, 1.54) is 38.0 Å². The molecular formula is C16H26N2O. The summed E-state index contributed by atoms with van der Waals surface area (Å²) in [5, 5.41) is 3.40. The van der Waals surface area contributed by atoms with Crippen LogP contribution in [0.3, 0.4) is 0 Å².